The summed E-state index contributed by atoms with van der Waals surface area (Å²) in [4.78, 5) is 18.2. The van der Waals surface area contributed by atoms with Gasteiger partial charge in [0.05, 0.1) is 31.1 Å². The number of halogens is 3. The normalized spacial score (nSPS) is 23.5. The molecule has 0 spiro atoms. The van der Waals surface area contributed by atoms with Crippen LogP contribution in [0, 0.1) is 5.92 Å². The Morgan fingerprint density at radius 3 is 2.64 bits per heavy atom. The molecule has 2 aromatic heterocycles. The number of esters is 1. The van der Waals surface area contributed by atoms with Crippen LogP contribution >= 0.6 is 7.75 Å². The number of nitrogen functional groups attached to an aromatic ring is 1. The van der Waals surface area contributed by atoms with Crippen molar-refractivity contribution in [2.24, 2.45) is 5.92 Å². The topological polar surface area (TPSA) is 143 Å². The Hall–Kier alpha value is -3.23. The first-order chi connectivity index (χ1) is 21.3. The van der Waals surface area contributed by atoms with Gasteiger partial charge in [-0.25, -0.2) is 14.1 Å². The third-order valence-corrected chi connectivity index (χ3v) is 9.61. The molecule has 2 aliphatic rings. The summed E-state index contributed by atoms with van der Waals surface area (Å²) in [5, 5.41) is 6.97. The summed E-state index contributed by atoms with van der Waals surface area (Å²) in [6.07, 6.45) is -1.03. The van der Waals surface area contributed by atoms with Crippen LogP contribution in [0.15, 0.2) is 48.8 Å². The number of likely N-dealkylation sites (tertiary alicyclic amines) is 1. The van der Waals surface area contributed by atoms with E-state index in [4.69, 9.17) is 24.3 Å². The first kappa shape index (κ1) is 33.1. The minimum absolute atomic E-state index is 0.0493. The van der Waals surface area contributed by atoms with E-state index in [-0.39, 0.29) is 44.1 Å². The molecule has 1 unspecified atom stereocenters. The fourth-order valence-corrected chi connectivity index (χ4v) is 7.14. The summed E-state index contributed by atoms with van der Waals surface area (Å²) in [6.45, 7) is 2.86. The van der Waals surface area contributed by atoms with E-state index in [1.165, 1.54) is 18.2 Å². The van der Waals surface area contributed by atoms with E-state index in [0.717, 1.165) is 5.69 Å². The van der Waals surface area contributed by atoms with Crippen molar-refractivity contribution >= 4 is 25.1 Å². The van der Waals surface area contributed by atoms with Gasteiger partial charge in [0.15, 0.2) is 5.82 Å². The Kier molecular flexibility index (Phi) is 10.0. The van der Waals surface area contributed by atoms with Crippen molar-refractivity contribution in [3.63, 3.8) is 0 Å². The van der Waals surface area contributed by atoms with Crippen LogP contribution in [0.1, 0.15) is 51.3 Å². The van der Waals surface area contributed by atoms with Gasteiger partial charge in [0.1, 0.15) is 29.7 Å². The molecule has 2 aliphatic heterocycles. The summed E-state index contributed by atoms with van der Waals surface area (Å²) in [5.74, 6) is -0.128. The number of para-hydroxylation sites is 1. The first-order valence-corrected chi connectivity index (χ1v) is 16.3. The van der Waals surface area contributed by atoms with Crippen LogP contribution in [-0.4, -0.2) is 76.1 Å². The monoisotopic (exact) mass is 654 g/mol. The zero-order valence-electron chi connectivity index (χ0n) is 25.1. The van der Waals surface area contributed by atoms with E-state index in [1.807, 2.05) is 19.1 Å². The van der Waals surface area contributed by atoms with Gasteiger partial charge in [0, 0.05) is 0 Å². The Bertz CT molecular complexity index is 1500. The highest BCUT2D eigenvalue weighted by Crippen LogP contribution is 2.48. The van der Waals surface area contributed by atoms with Crippen LogP contribution in [0.25, 0.3) is 5.52 Å². The van der Waals surface area contributed by atoms with E-state index >= 15 is 0 Å². The third kappa shape index (κ3) is 8.73. The number of benzene rings is 1. The Morgan fingerprint density at radius 1 is 1.20 bits per heavy atom. The molecule has 3 aromatic rings. The molecule has 0 saturated carbocycles. The van der Waals surface area contributed by atoms with E-state index < -0.39 is 38.1 Å². The maximum Gasteiger partial charge on any atom is 0.459 e. The molecule has 12 nitrogen and oxygen atoms in total. The number of rotatable bonds is 12. The number of piperidine rings is 1. The van der Waals surface area contributed by atoms with Gasteiger partial charge >= 0.3 is 19.9 Å². The highest BCUT2D eigenvalue weighted by Gasteiger charge is 2.42. The van der Waals surface area contributed by atoms with E-state index in [2.05, 4.69) is 15.2 Å². The van der Waals surface area contributed by atoms with Gasteiger partial charge in [0.25, 0.3) is 0 Å². The van der Waals surface area contributed by atoms with Crippen LogP contribution < -0.4 is 15.3 Å². The van der Waals surface area contributed by atoms with Crippen molar-refractivity contribution in [3.05, 3.63) is 54.5 Å². The van der Waals surface area contributed by atoms with E-state index in [9.17, 15) is 22.5 Å². The number of carbonyl (C=O) groups excluding carboxylic acids is 1. The lowest BCUT2D eigenvalue weighted by molar-refractivity contribution is -0.151. The smallest absolute Gasteiger partial charge is 0.459 e. The second kappa shape index (κ2) is 13.6. The van der Waals surface area contributed by atoms with Crippen LogP contribution in [-0.2, 0) is 23.4 Å². The van der Waals surface area contributed by atoms with Gasteiger partial charge in [-0.05, 0) is 82.8 Å². The molecule has 0 aliphatic carbocycles. The Balaban J connectivity index is 1.18. The van der Waals surface area contributed by atoms with Crippen molar-refractivity contribution in [2.75, 3.05) is 38.6 Å². The van der Waals surface area contributed by atoms with Gasteiger partial charge in [-0.2, -0.15) is 23.4 Å². The average molecular weight is 655 g/mol. The number of hydrogen-bond acceptors (Lipinski definition) is 10. The highest BCUT2D eigenvalue weighted by molar-refractivity contribution is 7.52. The number of fused-ring (bicyclic) bond motifs is 1. The molecule has 16 heteroatoms. The number of nitrogens with one attached hydrogen (secondary N) is 1. The molecule has 0 amide bonds. The first-order valence-electron chi connectivity index (χ1n) is 14.8. The molecule has 246 valence electrons. The quantitative estimate of drug-likeness (QED) is 0.203. The maximum atomic E-state index is 14.0. The van der Waals surface area contributed by atoms with Gasteiger partial charge in [-0.1, -0.05) is 18.2 Å². The second-order valence-electron chi connectivity index (χ2n) is 11.8. The van der Waals surface area contributed by atoms with Crippen molar-refractivity contribution < 1.29 is 41.1 Å². The number of aromatic nitrogens is 3. The van der Waals surface area contributed by atoms with Crippen LogP contribution in [0.4, 0.5) is 19.0 Å². The summed E-state index contributed by atoms with van der Waals surface area (Å²) in [7, 11) is -4.14. The summed E-state index contributed by atoms with van der Waals surface area (Å²) in [5.41, 5.74) is 6.59. The summed E-state index contributed by atoms with van der Waals surface area (Å²) >= 11 is 0. The van der Waals surface area contributed by atoms with Crippen molar-refractivity contribution in [3.8, 4) is 5.75 Å². The minimum atomic E-state index is -4.25. The van der Waals surface area contributed by atoms with Gasteiger partial charge in [-0.15, -0.1) is 0 Å². The fraction of sp³-hybridized carbons (Fsp3) is 0.552. The highest BCUT2D eigenvalue weighted by atomic mass is 31.2. The predicted octanol–water partition coefficient (Wildman–Crippen LogP) is 4.92. The number of nitrogens with two attached hydrogens (primary N) is 1. The standard InChI is InChI=1S/C29H38F3N6O6P/c1-20(27(39)41-16-21-11-14-37(15-12-21)17-29(30,31)32)36-45(40,44-22-6-4-3-5-7-22)42-18-28(2)13-10-25(43-28)23-8-9-24-26(33)34-19-35-38(23)24/h3-9,19-21,25H,10-18H2,1-2H3,(H,36,40)(H2,33,34,35)/t20-,25+,28-,45?/m0/s1. The molecule has 2 saturated heterocycles. The molecule has 45 heavy (non-hydrogen) atoms. The van der Waals surface area contributed by atoms with Gasteiger partial charge in [0.2, 0.25) is 0 Å². The fourth-order valence-electron chi connectivity index (χ4n) is 5.54. The lowest BCUT2D eigenvalue weighted by Crippen LogP contribution is -2.41. The lowest BCUT2D eigenvalue weighted by Gasteiger charge is -2.32. The third-order valence-electron chi connectivity index (χ3n) is 7.99. The van der Waals surface area contributed by atoms with Crippen LogP contribution in [0.5, 0.6) is 5.75 Å². The largest absolute Gasteiger partial charge is 0.464 e. The molecule has 1 aromatic carbocycles. The molecular formula is C29H38F3N6O6P. The van der Waals surface area contributed by atoms with Crippen LogP contribution in [0.2, 0.25) is 0 Å². The number of alkyl halides is 3. The summed E-state index contributed by atoms with van der Waals surface area (Å²) in [6, 6.07) is 11.0. The Morgan fingerprint density at radius 2 is 1.93 bits per heavy atom. The Labute approximate surface area is 258 Å². The number of anilines is 1. The number of hydrogen-bond donors (Lipinski definition) is 2. The molecule has 2 fully saturated rings. The summed E-state index contributed by atoms with van der Waals surface area (Å²) < 4.78 is 77.2. The predicted molar refractivity (Wildman–Crippen MR) is 158 cm³/mol. The molecule has 3 N–H and O–H groups in total. The SMILES string of the molecule is C[C@H](NP(=O)(OC[C@]1(C)CC[C@H](c2ccc3c(N)ncnn23)O1)Oc1ccccc1)C(=O)OCC1CCN(CC(F)(F)F)CC1. The van der Waals surface area contributed by atoms with Gasteiger partial charge < -0.3 is 19.7 Å². The molecule has 0 bridgehead atoms. The van der Waals surface area contributed by atoms with Crippen LogP contribution in [0.3, 0.4) is 0 Å². The minimum Gasteiger partial charge on any atom is -0.464 e. The number of nitrogens with zero attached hydrogens (tertiary/aromatic N) is 4. The van der Waals surface area contributed by atoms with E-state index in [0.29, 0.717) is 37.0 Å². The molecule has 4 atom stereocenters. The molecule has 4 heterocycles. The van der Waals surface area contributed by atoms with Crippen molar-refractivity contribution in [1.82, 2.24) is 24.6 Å². The van der Waals surface area contributed by atoms with Crippen molar-refractivity contribution in [1.29, 1.82) is 0 Å². The number of carbonyl (C=O) groups is 1. The zero-order valence-corrected chi connectivity index (χ0v) is 26.0. The molecule has 5 rings (SSSR count). The molecular weight excluding hydrogens is 616 g/mol. The van der Waals surface area contributed by atoms with Gasteiger partial charge in [-0.3, -0.25) is 14.2 Å². The van der Waals surface area contributed by atoms with Crippen molar-refractivity contribution in [2.45, 2.75) is 63.5 Å². The lowest BCUT2D eigenvalue weighted by atomic mass is 9.98. The maximum absolute atomic E-state index is 14.0. The van der Waals surface area contributed by atoms with E-state index in [1.54, 1.807) is 34.8 Å². The average Bonchev–Trinajstić information content (AvgIpc) is 3.60. The zero-order chi connectivity index (χ0) is 32.2. The molecule has 0 radical (unpaired) electrons. The number of ether oxygens (including phenoxy) is 2. The second-order valence-corrected chi connectivity index (χ2v) is 13.5.